The van der Waals surface area contributed by atoms with Crippen LogP contribution in [0.1, 0.15) is 23.6 Å². The minimum atomic E-state index is -4.29. The van der Waals surface area contributed by atoms with Crippen LogP contribution in [0.15, 0.2) is 60.9 Å². The summed E-state index contributed by atoms with van der Waals surface area (Å²) in [5.74, 6) is 0.809. The van der Waals surface area contributed by atoms with Crippen LogP contribution in [0.2, 0.25) is 0 Å². The van der Waals surface area contributed by atoms with Gasteiger partial charge in [0, 0.05) is 38.1 Å². The summed E-state index contributed by atoms with van der Waals surface area (Å²) in [6.07, 6.45) is 3.03. The molecule has 1 amide bonds. The fraction of sp³-hybridized carbons (Fsp3) is 0.391. The number of halogens is 3. The number of aromatic nitrogens is 1. The van der Waals surface area contributed by atoms with Crippen LogP contribution in [0.4, 0.5) is 13.2 Å². The average Bonchev–Trinajstić information content (AvgIpc) is 3.17. The Morgan fingerprint density at radius 2 is 1.90 bits per heavy atom. The molecule has 1 saturated carbocycles. The number of rotatable bonds is 7. The smallest absolute Gasteiger partial charge is 0.353 e. The Morgan fingerprint density at radius 1 is 1.17 bits per heavy atom. The van der Waals surface area contributed by atoms with Gasteiger partial charge < -0.3 is 5.32 Å². The molecule has 0 spiro atoms. The highest BCUT2D eigenvalue weighted by Crippen LogP contribution is 2.56. The van der Waals surface area contributed by atoms with Crippen LogP contribution in [0.5, 0.6) is 0 Å². The third-order valence-electron chi connectivity index (χ3n) is 6.08. The Balaban J connectivity index is 1.23. The SMILES string of the molecule is O=C(/C=C/c1cccnc1)NCCC1[C@H]2CN(C(c3ccccc3)C(F)(F)F)C[C@@H]12. The molecule has 2 aliphatic rings. The van der Waals surface area contributed by atoms with Gasteiger partial charge >= 0.3 is 6.18 Å². The fourth-order valence-corrected chi connectivity index (χ4v) is 4.63. The van der Waals surface area contributed by atoms with E-state index in [1.54, 1.807) is 59.8 Å². The number of hydrogen-bond acceptors (Lipinski definition) is 3. The lowest BCUT2D eigenvalue weighted by atomic mass is 10.0. The van der Waals surface area contributed by atoms with Crippen LogP contribution >= 0.6 is 0 Å². The molecule has 1 aliphatic carbocycles. The van der Waals surface area contributed by atoms with Crippen molar-refractivity contribution in [3.63, 3.8) is 0 Å². The van der Waals surface area contributed by atoms with Crippen molar-refractivity contribution in [1.82, 2.24) is 15.2 Å². The van der Waals surface area contributed by atoms with E-state index >= 15 is 0 Å². The van der Waals surface area contributed by atoms with E-state index in [0.717, 1.165) is 12.0 Å². The van der Waals surface area contributed by atoms with E-state index in [4.69, 9.17) is 0 Å². The van der Waals surface area contributed by atoms with Crippen molar-refractivity contribution in [3.8, 4) is 0 Å². The number of piperidine rings is 1. The molecule has 2 unspecified atom stereocenters. The molecule has 1 aliphatic heterocycles. The van der Waals surface area contributed by atoms with E-state index in [9.17, 15) is 18.0 Å². The summed E-state index contributed by atoms with van der Waals surface area (Å²) < 4.78 is 41.1. The molecule has 2 fully saturated rings. The van der Waals surface area contributed by atoms with E-state index in [1.807, 2.05) is 6.07 Å². The van der Waals surface area contributed by atoms with Gasteiger partial charge in [-0.15, -0.1) is 0 Å². The monoisotopic (exact) mass is 415 g/mol. The number of carbonyl (C=O) groups is 1. The number of nitrogens with one attached hydrogen (secondary N) is 1. The number of amides is 1. The number of likely N-dealkylation sites (tertiary alicyclic amines) is 1. The molecule has 7 heteroatoms. The number of carbonyl (C=O) groups excluding carboxylic acids is 1. The van der Waals surface area contributed by atoms with Crippen molar-refractivity contribution >= 4 is 12.0 Å². The lowest BCUT2D eigenvalue weighted by molar-refractivity contribution is -0.185. The highest BCUT2D eigenvalue weighted by Gasteiger charge is 2.59. The molecule has 4 rings (SSSR count). The molecule has 1 N–H and O–H groups in total. The summed E-state index contributed by atoms with van der Waals surface area (Å²) in [6.45, 7) is 1.46. The number of nitrogens with zero attached hydrogens (tertiary/aromatic N) is 2. The zero-order valence-corrected chi connectivity index (χ0v) is 16.4. The predicted molar refractivity (Wildman–Crippen MR) is 108 cm³/mol. The van der Waals surface area contributed by atoms with Gasteiger partial charge in [-0.1, -0.05) is 36.4 Å². The largest absolute Gasteiger partial charge is 0.408 e. The Hall–Kier alpha value is -2.67. The van der Waals surface area contributed by atoms with E-state index in [0.29, 0.717) is 43.0 Å². The third kappa shape index (κ3) is 4.73. The first-order valence-electron chi connectivity index (χ1n) is 10.1. The fourth-order valence-electron chi connectivity index (χ4n) is 4.63. The minimum absolute atomic E-state index is 0.174. The minimum Gasteiger partial charge on any atom is -0.353 e. The molecule has 1 saturated heterocycles. The quantitative estimate of drug-likeness (QED) is 0.693. The molecule has 2 aromatic rings. The molecule has 2 heterocycles. The van der Waals surface area contributed by atoms with Crippen LogP contribution in [-0.4, -0.2) is 41.6 Å². The Bertz CT molecular complexity index is 874. The second-order valence-corrected chi connectivity index (χ2v) is 8.00. The summed E-state index contributed by atoms with van der Waals surface area (Å²) in [5.41, 5.74) is 1.15. The first-order valence-corrected chi connectivity index (χ1v) is 10.1. The van der Waals surface area contributed by atoms with Crippen molar-refractivity contribution in [2.75, 3.05) is 19.6 Å². The lowest BCUT2D eigenvalue weighted by Gasteiger charge is -2.31. The molecule has 30 heavy (non-hydrogen) atoms. The number of fused-ring (bicyclic) bond motifs is 1. The van der Waals surface area contributed by atoms with Gasteiger partial charge in [0.15, 0.2) is 0 Å². The van der Waals surface area contributed by atoms with E-state index < -0.39 is 12.2 Å². The predicted octanol–water partition coefficient (Wildman–Crippen LogP) is 4.08. The highest BCUT2D eigenvalue weighted by molar-refractivity contribution is 5.91. The average molecular weight is 415 g/mol. The van der Waals surface area contributed by atoms with Gasteiger partial charge in [-0.2, -0.15) is 13.2 Å². The van der Waals surface area contributed by atoms with Gasteiger partial charge in [0.05, 0.1) is 0 Å². The van der Waals surface area contributed by atoms with Gasteiger partial charge in [-0.25, -0.2) is 0 Å². The van der Waals surface area contributed by atoms with Crippen LogP contribution in [0.3, 0.4) is 0 Å². The summed E-state index contributed by atoms with van der Waals surface area (Å²) in [4.78, 5) is 17.5. The number of pyridine rings is 1. The Kier molecular flexibility index (Phi) is 5.90. The van der Waals surface area contributed by atoms with Gasteiger partial charge in [0.25, 0.3) is 0 Å². The highest BCUT2D eigenvalue weighted by atomic mass is 19.4. The van der Waals surface area contributed by atoms with E-state index in [-0.39, 0.29) is 5.91 Å². The number of alkyl halides is 3. The van der Waals surface area contributed by atoms with Crippen LogP contribution in [0.25, 0.3) is 6.08 Å². The van der Waals surface area contributed by atoms with Crippen LogP contribution in [-0.2, 0) is 4.79 Å². The molecule has 1 aromatic carbocycles. The molecule has 4 atom stereocenters. The van der Waals surface area contributed by atoms with Crippen LogP contribution < -0.4 is 5.32 Å². The zero-order valence-electron chi connectivity index (χ0n) is 16.4. The lowest BCUT2D eigenvalue weighted by Crippen LogP contribution is -2.39. The molecule has 158 valence electrons. The molecule has 0 radical (unpaired) electrons. The first-order chi connectivity index (χ1) is 14.4. The summed E-state index contributed by atoms with van der Waals surface area (Å²) in [5, 5.41) is 2.86. The number of hydrogen-bond donors (Lipinski definition) is 1. The van der Waals surface area contributed by atoms with Gasteiger partial charge in [0.2, 0.25) is 5.91 Å². The van der Waals surface area contributed by atoms with Crippen molar-refractivity contribution in [3.05, 3.63) is 72.1 Å². The van der Waals surface area contributed by atoms with Crippen molar-refractivity contribution in [1.29, 1.82) is 0 Å². The second kappa shape index (κ2) is 8.60. The summed E-state index contributed by atoms with van der Waals surface area (Å²) >= 11 is 0. The molecular formula is C23H24F3N3O. The van der Waals surface area contributed by atoms with Crippen molar-refractivity contribution < 1.29 is 18.0 Å². The van der Waals surface area contributed by atoms with Crippen LogP contribution in [0, 0.1) is 17.8 Å². The summed E-state index contributed by atoms with van der Waals surface area (Å²) in [7, 11) is 0. The maximum absolute atomic E-state index is 13.7. The molecule has 4 nitrogen and oxygen atoms in total. The maximum Gasteiger partial charge on any atom is 0.408 e. The standard InChI is InChI=1S/C23H24F3N3O/c24-23(25,26)22(17-6-2-1-3-7-17)29-14-19-18(20(19)15-29)10-12-28-21(30)9-8-16-5-4-11-27-13-16/h1-9,11,13,18-20,22H,10,12,14-15H2,(H,28,30)/b9-8+/t18?,19-,20+,22?. The first kappa shape index (κ1) is 20.6. The van der Waals surface area contributed by atoms with E-state index in [1.165, 1.54) is 6.08 Å². The molecule has 0 bridgehead atoms. The normalized spacial score (nSPS) is 24.6. The van der Waals surface area contributed by atoms with Gasteiger partial charge in [-0.3, -0.25) is 14.7 Å². The van der Waals surface area contributed by atoms with Crippen molar-refractivity contribution in [2.24, 2.45) is 17.8 Å². The van der Waals surface area contributed by atoms with E-state index in [2.05, 4.69) is 10.3 Å². The molecular weight excluding hydrogens is 391 g/mol. The zero-order chi connectivity index (χ0) is 21.1. The molecule has 1 aromatic heterocycles. The Morgan fingerprint density at radius 3 is 2.53 bits per heavy atom. The Labute approximate surface area is 173 Å². The maximum atomic E-state index is 13.7. The van der Waals surface area contributed by atoms with Gasteiger partial charge in [-0.05, 0) is 47.4 Å². The second-order valence-electron chi connectivity index (χ2n) is 8.00. The number of benzene rings is 1. The third-order valence-corrected chi connectivity index (χ3v) is 6.08. The van der Waals surface area contributed by atoms with Crippen molar-refractivity contribution in [2.45, 2.75) is 18.6 Å². The van der Waals surface area contributed by atoms with Gasteiger partial charge in [0.1, 0.15) is 6.04 Å². The summed E-state index contributed by atoms with van der Waals surface area (Å²) in [6, 6.07) is 10.3. The topological polar surface area (TPSA) is 45.2 Å².